The maximum absolute atomic E-state index is 12.4. The fraction of sp³-hybridized carbons (Fsp3) is 0.467. The molecule has 0 aliphatic rings. The van der Waals surface area contributed by atoms with Gasteiger partial charge in [0.2, 0.25) is 0 Å². The van der Waals surface area contributed by atoms with Crippen LogP contribution >= 0.6 is 11.6 Å². The number of esters is 1. The lowest BCUT2D eigenvalue weighted by molar-refractivity contribution is -0.163. The molecular formula is C15H19ClO5. The van der Waals surface area contributed by atoms with Gasteiger partial charge in [0.1, 0.15) is 0 Å². The predicted octanol–water partition coefficient (Wildman–Crippen LogP) is 2.65. The lowest BCUT2D eigenvalue weighted by Gasteiger charge is -2.29. The summed E-state index contributed by atoms with van der Waals surface area (Å²) in [5.41, 5.74) is -1.49. The molecule has 0 spiro atoms. The molecule has 0 saturated carbocycles. The van der Waals surface area contributed by atoms with Crippen LogP contribution in [0.15, 0.2) is 24.3 Å². The summed E-state index contributed by atoms with van der Waals surface area (Å²) in [6, 6.07) is 6.14. The topological polar surface area (TPSA) is 72.8 Å². The third kappa shape index (κ3) is 3.74. The van der Waals surface area contributed by atoms with Crippen LogP contribution < -0.4 is 0 Å². The van der Waals surface area contributed by atoms with Gasteiger partial charge in [-0.3, -0.25) is 9.59 Å². The summed E-state index contributed by atoms with van der Waals surface area (Å²) in [6.45, 7) is 3.43. The van der Waals surface area contributed by atoms with Gasteiger partial charge in [-0.15, -0.1) is 0 Å². The molecule has 0 bridgehead atoms. The van der Waals surface area contributed by atoms with E-state index in [4.69, 9.17) is 21.1 Å². The van der Waals surface area contributed by atoms with Gasteiger partial charge in [-0.05, 0) is 31.5 Å². The van der Waals surface area contributed by atoms with Gasteiger partial charge in [0.15, 0.2) is 5.41 Å². The summed E-state index contributed by atoms with van der Waals surface area (Å²) in [4.78, 5) is 24.2. The Balaban J connectivity index is 3.39. The molecule has 6 heteroatoms. The van der Waals surface area contributed by atoms with Crippen molar-refractivity contribution >= 4 is 23.5 Å². The van der Waals surface area contributed by atoms with Gasteiger partial charge in [-0.1, -0.05) is 23.7 Å². The molecule has 2 unspecified atom stereocenters. The van der Waals surface area contributed by atoms with E-state index in [0.717, 1.165) is 0 Å². The van der Waals surface area contributed by atoms with Crippen molar-refractivity contribution in [2.75, 3.05) is 13.7 Å². The quantitative estimate of drug-likeness (QED) is 0.618. The minimum absolute atomic E-state index is 0.0285. The van der Waals surface area contributed by atoms with Crippen LogP contribution in [0.25, 0.3) is 0 Å². The number of aliphatic carboxylic acids is 1. The predicted molar refractivity (Wildman–Crippen MR) is 78.5 cm³/mol. The molecule has 1 aromatic carbocycles. The standard InChI is InChI=1S/C15H19ClO5/c1-4-21-14(19)15(13(17)18,9-10(2)20-3)11-5-7-12(16)8-6-11/h5-8,10H,4,9H2,1-3H3,(H,17,18). The second-order valence-corrected chi connectivity index (χ2v) is 5.12. The summed E-state index contributed by atoms with van der Waals surface area (Å²) in [7, 11) is 1.46. The van der Waals surface area contributed by atoms with Gasteiger partial charge in [-0.2, -0.15) is 0 Å². The monoisotopic (exact) mass is 314 g/mol. The molecule has 0 aliphatic heterocycles. The molecule has 0 aliphatic carbocycles. The van der Waals surface area contributed by atoms with Crippen LogP contribution in [0.4, 0.5) is 0 Å². The first kappa shape index (κ1) is 17.5. The minimum atomic E-state index is -1.81. The highest BCUT2D eigenvalue weighted by atomic mass is 35.5. The number of carbonyl (C=O) groups is 2. The van der Waals surface area contributed by atoms with Crippen LogP contribution in [0.1, 0.15) is 25.8 Å². The number of halogens is 1. The van der Waals surface area contributed by atoms with Gasteiger partial charge in [-0.25, -0.2) is 0 Å². The van der Waals surface area contributed by atoms with E-state index in [1.807, 2.05) is 0 Å². The van der Waals surface area contributed by atoms with Crippen molar-refractivity contribution in [3.8, 4) is 0 Å². The molecule has 5 nitrogen and oxygen atoms in total. The van der Waals surface area contributed by atoms with Crippen molar-refractivity contribution in [2.45, 2.75) is 31.8 Å². The molecule has 1 aromatic rings. The Labute approximate surface area is 128 Å². The second kappa shape index (κ2) is 7.43. The Kier molecular flexibility index (Phi) is 6.18. The van der Waals surface area contributed by atoms with Crippen molar-refractivity contribution in [1.29, 1.82) is 0 Å². The smallest absolute Gasteiger partial charge is 0.328 e. The number of methoxy groups -OCH3 is 1. The van der Waals surface area contributed by atoms with Crippen molar-refractivity contribution < 1.29 is 24.2 Å². The van der Waals surface area contributed by atoms with E-state index < -0.39 is 23.5 Å². The molecule has 0 amide bonds. The molecule has 0 heterocycles. The third-order valence-electron chi connectivity index (χ3n) is 3.32. The number of rotatable bonds is 7. The molecule has 1 rings (SSSR count). The molecule has 0 saturated heterocycles. The highest BCUT2D eigenvalue weighted by Crippen LogP contribution is 2.33. The lowest BCUT2D eigenvalue weighted by atomic mass is 9.76. The van der Waals surface area contributed by atoms with Gasteiger partial charge in [0, 0.05) is 18.6 Å². The lowest BCUT2D eigenvalue weighted by Crippen LogP contribution is -2.47. The molecular weight excluding hydrogens is 296 g/mol. The Hall–Kier alpha value is -1.59. The van der Waals surface area contributed by atoms with Crippen molar-refractivity contribution in [1.82, 2.24) is 0 Å². The maximum Gasteiger partial charge on any atom is 0.328 e. The molecule has 2 atom stereocenters. The highest BCUT2D eigenvalue weighted by Gasteiger charge is 2.50. The maximum atomic E-state index is 12.4. The number of hydrogen-bond donors (Lipinski definition) is 1. The van der Waals surface area contributed by atoms with Crippen molar-refractivity contribution in [3.63, 3.8) is 0 Å². The van der Waals surface area contributed by atoms with E-state index in [9.17, 15) is 14.7 Å². The molecule has 116 valence electrons. The zero-order valence-electron chi connectivity index (χ0n) is 12.3. The summed E-state index contributed by atoms with van der Waals surface area (Å²) >= 11 is 5.83. The fourth-order valence-corrected chi connectivity index (χ4v) is 2.25. The molecule has 0 aromatic heterocycles. The first-order chi connectivity index (χ1) is 9.88. The third-order valence-corrected chi connectivity index (χ3v) is 3.57. The minimum Gasteiger partial charge on any atom is -0.480 e. The van der Waals surface area contributed by atoms with Gasteiger partial charge < -0.3 is 14.6 Å². The van der Waals surface area contributed by atoms with Crippen LogP contribution in [0, 0.1) is 0 Å². The van der Waals surface area contributed by atoms with E-state index in [1.165, 1.54) is 19.2 Å². The second-order valence-electron chi connectivity index (χ2n) is 4.69. The van der Waals surface area contributed by atoms with Crippen LogP contribution in [-0.2, 0) is 24.5 Å². The van der Waals surface area contributed by atoms with Gasteiger partial charge >= 0.3 is 11.9 Å². The Morgan fingerprint density at radius 1 is 1.33 bits per heavy atom. The van der Waals surface area contributed by atoms with Crippen molar-refractivity contribution in [3.05, 3.63) is 34.9 Å². The molecule has 0 radical (unpaired) electrons. The summed E-state index contributed by atoms with van der Waals surface area (Å²) in [5, 5.41) is 10.2. The number of carboxylic acid groups (broad SMARTS) is 1. The molecule has 21 heavy (non-hydrogen) atoms. The summed E-state index contributed by atoms with van der Waals surface area (Å²) in [5.74, 6) is -2.07. The first-order valence-electron chi connectivity index (χ1n) is 6.58. The Morgan fingerprint density at radius 3 is 2.33 bits per heavy atom. The Morgan fingerprint density at radius 2 is 1.90 bits per heavy atom. The van der Waals surface area contributed by atoms with Crippen LogP contribution in [0.5, 0.6) is 0 Å². The average Bonchev–Trinajstić information content (AvgIpc) is 2.45. The number of benzene rings is 1. The number of ether oxygens (including phenoxy) is 2. The van der Waals surface area contributed by atoms with Gasteiger partial charge in [0.05, 0.1) is 12.7 Å². The van der Waals surface area contributed by atoms with Crippen molar-refractivity contribution in [2.24, 2.45) is 0 Å². The zero-order valence-corrected chi connectivity index (χ0v) is 13.0. The molecule has 0 fully saturated rings. The summed E-state index contributed by atoms with van der Waals surface area (Å²) < 4.78 is 10.1. The fourth-order valence-electron chi connectivity index (χ4n) is 2.12. The molecule has 1 N–H and O–H groups in total. The van der Waals surface area contributed by atoms with E-state index in [0.29, 0.717) is 10.6 Å². The Bertz CT molecular complexity index is 499. The van der Waals surface area contributed by atoms with Gasteiger partial charge in [0.25, 0.3) is 0 Å². The first-order valence-corrected chi connectivity index (χ1v) is 6.95. The largest absolute Gasteiger partial charge is 0.480 e. The summed E-state index contributed by atoms with van der Waals surface area (Å²) in [6.07, 6.45) is -0.458. The SMILES string of the molecule is CCOC(=O)C(CC(C)OC)(C(=O)O)c1ccc(Cl)cc1. The van der Waals surface area contributed by atoms with E-state index in [-0.39, 0.29) is 13.0 Å². The number of carboxylic acids is 1. The highest BCUT2D eigenvalue weighted by molar-refractivity contribution is 6.30. The van der Waals surface area contributed by atoms with Crippen LogP contribution in [0.2, 0.25) is 5.02 Å². The number of hydrogen-bond acceptors (Lipinski definition) is 4. The average molecular weight is 315 g/mol. The van der Waals surface area contributed by atoms with Crippen LogP contribution in [-0.4, -0.2) is 36.9 Å². The van der Waals surface area contributed by atoms with E-state index in [1.54, 1.807) is 26.0 Å². The van der Waals surface area contributed by atoms with Crippen LogP contribution in [0.3, 0.4) is 0 Å². The van der Waals surface area contributed by atoms with E-state index in [2.05, 4.69) is 0 Å². The normalized spacial score (nSPS) is 15.0. The zero-order chi connectivity index (χ0) is 16.0. The van der Waals surface area contributed by atoms with E-state index >= 15 is 0 Å². The number of carbonyl (C=O) groups excluding carboxylic acids is 1.